The van der Waals surface area contributed by atoms with E-state index >= 15 is 0 Å². The SMILES string of the molecule is CCOCC1CCCN(C(=O)C2CC(=O)N(c3ccc(OC)c(OC)c3)C2)C1. The zero-order valence-electron chi connectivity index (χ0n) is 17.0. The Morgan fingerprint density at radius 3 is 2.68 bits per heavy atom. The first kappa shape index (κ1) is 20.5. The number of amides is 2. The Hall–Kier alpha value is -2.28. The number of carbonyl (C=O) groups is 2. The van der Waals surface area contributed by atoms with Gasteiger partial charge in [0, 0.05) is 44.4 Å². The van der Waals surface area contributed by atoms with Crippen molar-refractivity contribution in [1.29, 1.82) is 0 Å². The summed E-state index contributed by atoms with van der Waals surface area (Å²) < 4.78 is 16.1. The molecule has 2 atom stereocenters. The van der Waals surface area contributed by atoms with Crippen LogP contribution in [-0.2, 0) is 14.3 Å². The monoisotopic (exact) mass is 390 g/mol. The van der Waals surface area contributed by atoms with Gasteiger partial charge >= 0.3 is 0 Å². The Morgan fingerprint density at radius 1 is 1.18 bits per heavy atom. The second kappa shape index (κ2) is 9.28. The molecule has 0 aromatic heterocycles. The van der Waals surface area contributed by atoms with Gasteiger partial charge in [0.15, 0.2) is 11.5 Å². The van der Waals surface area contributed by atoms with Crippen LogP contribution in [-0.4, -0.2) is 63.8 Å². The molecule has 0 N–H and O–H groups in total. The quantitative estimate of drug-likeness (QED) is 0.715. The number of hydrogen-bond donors (Lipinski definition) is 0. The molecule has 2 aliphatic rings. The zero-order chi connectivity index (χ0) is 20.1. The van der Waals surface area contributed by atoms with Gasteiger partial charge in [0.2, 0.25) is 11.8 Å². The van der Waals surface area contributed by atoms with Gasteiger partial charge in [0.05, 0.1) is 26.7 Å². The van der Waals surface area contributed by atoms with Crippen LogP contribution < -0.4 is 14.4 Å². The van der Waals surface area contributed by atoms with E-state index in [1.54, 1.807) is 31.3 Å². The Balaban J connectivity index is 1.66. The maximum atomic E-state index is 13.0. The molecular weight excluding hydrogens is 360 g/mol. The van der Waals surface area contributed by atoms with Crippen molar-refractivity contribution in [2.75, 3.05) is 52.0 Å². The van der Waals surface area contributed by atoms with Gasteiger partial charge in [0.25, 0.3) is 0 Å². The zero-order valence-corrected chi connectivity index (χ0v) is 17.0. The summed E-state index contributed by atoms with van der Waals surface area (Å²) in [6, 6.07) is 5.38. The first-order valence-electron chi connectivity index (χ1n) is 9.96. The summed E-state index contributed by atoms with van der Waals surface area (Å²) in [4.78, 5) is 29.2. The predicted octanol–water partition coefficient (Wildman–Crippen LogP) is 2.33. The number of rotatable bonds is 7. The van der Waals surface area contributed by atoms with E-state index in [2.05, 4.69) is 0 Å². The van der Waals surface area contributed by atoms with E-state index in [4.69, 9.17) is 14.2 Å². The topological polar surface area (TPSA) is 68.3 Å². The highest BCUT2D eigenvalue weighted by atomic mass is 16.5. The molecule has 7 heteroatoms. The molecule has 2 amide bonds. The maximum Gasteiger partial charge on any atom is 0.228 e. The summed E-state index contributed by atoms with van der Waals surface area (Å²) in [6.07, 6.45) is 2.33. The van der Waals surface area contributed by atoms with Gasteiger partial charge in [-0.2, -0.15) is 0 Å². The molecule has 7 nitrogen and oxygen atoms in total. The first-order valence-corrected chi connectivity index (χ1v) is 9.96. The number of methoxy groups -OCH3 is 2. The van der Waals surface area contributed by atoms with Crippen LogP contribution in [0.5, 0.6) is 11.5 Å². The van der Waals surface area contributed by atoms with Crippen molar-refractivity contribution in [3.05, 3.63) is 18.2 Å². The Morgan fingerprint density at radius 2 is 1.96 bits per heavy atom. The molecule has 28 heavy (non-hydrogen) atoms. The molecule has 2 aliphatic heterocycles. The maximum absolute atomic E-state index is 13.0. The molecule has 154 valence electrons. The Bertz CT molecular complexity index is 708. The summed E-state index contributed by atoms with van der Waals surface area (Å²) in [7, 11) is 3.14. The minimum absolute atomic E-state index is 0.0338. The highest BCUT2D eigenvalue weighted by molar-refractivity contribution is 6.00. The highest BCUT2D eigenvalue weighted by Crippen LogP contribution is 2.34. The third-order valence-electron chi connectivity index (χ3n) is 5.54. The lowest BCUT2D eigenvalue weighted by Gasteiger charge is -2.34. The summed E-state index contributed by atoms with van der Waals surface area (Å²) in [5.74, 6) is 1.31. The van der Waals surface area contributed by atoms with Crippen molar-refractivity contribution >= 4 is 17.5 Å². The van der Waals surface area contributed by atoms with Gasteiger partial charge in [-0.15, -0.1) is 0 Å². The minimum atomic E-state index is -0.300. The van der Waals surface area contributed by atoms with Crippen molar-refractivity contribution < 1.29 is 23.8 Å². The summed E-state index contributed by atoms with van der Waals surface area (Å²) in [5.41, 5.74) is 0.728. The molecule has 1 aromatic carbocycles. The number of benzene rings is 1. The van der Waals surface area contributed by atoms with Crippen LogP contribution in [0, 0.1) is 11.8 Å². The smallest absolute Gasteiger partial charge is 0.228 e. The molecule has 0 aliphatic carbocycles. The second-order valence-corrected chi connectivity index (χ2v) is 7.40. The van der Waals surface area contributed by atoms with Crippen molar-refractivity contribution in [2.24, 2.45) is 11.8 Å². The third kappa shape index (κ3) is 4.41. The van der Waals surface area contributed by atoms with E-state index in [1.807, 2.05) is 17.9 Å². The van der Waals surface area contributed by atoms with Crippen LogP contribution in [0.1, 0.15) is 26.2 Å². The Kier molecular flexibility index (Phi) is 6.78. The molecule has 0 radical (unpaired) electrons. The van der Waals surface area contributed by atoms with Crippen molar-refractivity contribution in [1.82, 2.24) is 4.90 Å². The number of carbonyl (C=O) groups excluding carboxylic acids is 2. The molecule has 3 rings (SSSR count). The lowest BCUT2D eigenvalue weighted by molar-refractivity contribution is -0.138. The lowest BCUT2D eigenvalue weighted by Crippen LogP contribution is -2.44. The fraction of sp³-hybridized carbons (Fsp3) is 0.619. The number of nitrogens with zero attached hydrogens (tertiary/aromatic N) is 2. The van der Waals surface area contributed by atoms with Crippen LogP contribution in [0.2, 0.25) is 0 Å². The number of likely N-dealkylation sites (tertiary alicyclic amines) is 1. The van der Waals surface area contributed by atoms with Crippen molar-refractivity contribution in [3.63, 3.8) is 0 Å². The average Bonchev–Trinajstić information content (AvgIpc) is 3.12. The largest absolute Gasteiger partial charge is 0.493 e. The van der Waals surface area contributed by atoms with E-state index < -0.39 is 0 Å². The van der Waals surface area contributed by atoms with Gasteiger partial charge < -0.3 is 24.0 Å². The van der Waals surface area contributed by atoms with Gasteiger partial charge in [-0.25, -0.2) is 0 Å². The average molecular weight is 390 g/mol. The molecule has 2 unspecified atom stereocenters. The summed E-state index contributed by atoms with van der Waals surface area (Å²) in [6.45, 7) is 5.27. The molecule has 2 fully saturated rings. The molecule has 0 spiro atoms. The molecular formula is C21H30N2O5. The van der Waals surface area contributed by atoms with Crippen molar-refractivity contribution in [3.8, 4) is 11.5 Å². The van der Waals surface area contributed by atoms with Gasteiger partial charge in [-0.1, -0.05) is 0 Å². The number of ether oxygens (including phenoxy) is 3. The number of piperidine rings is 1. The number of anilines is 1. The molecule has 2 heterocycles. The molecule has 0 bridgehead atoms. The summed E-state index contributed by atoms with van der Waals surface area (Å²) in [5, 5.41) is 0. The van der Waals surface area contributed by atoms with E-state index in [1.165, 1.54) is 0 Å². The van der Waals surface area contributed by atoms with E-state index in [0.29, 0.717) is 37.2 Å². The van der Waals surface area contributed by atoms with Crippen LogP contribution in [0.25, 0.3) is 0 Å². The van der Waals surface area contributed by atoms with Gasteiger partial charge in [-0.05, 0) is 37.8 Å². The van der Waals surface area contributed by atoms with Gasteiger partial charge in [-0.3, -0.25) is 9.59 Å². The van der Waals surface area contributed by atoms with Crippen molar-refractivity contribution in [2.45, 2.75) is 26.2 Å². The molecule has 1 aromatic rings. The fourth-order valence-corrected chi connectivity index (χ4v) is 4.06. The predicted molar refractivity (Wildman–Crippen MR) is 106 cm³/mol. The van der Waals surface area contributed by atoms with Crippen LogP contribution >= 0.6 is 0 Å². The normalized spacial score (nSPS) is 22.5. The summed E-state index contributed by atoms with van der Waals surface area (Å²) >= 11 is 0. The fourth-order valence-electron chi connectivity index (χ4n) is 4.06. The lowest BCUT2D eigenvalue weighted by atomic mass is 9.97. The highest BCUT2D eigenvalue weighted by Gasteiger charge is 2.38. The van der Waals surface area contributed by atoms with E-state index in [9.17, 15) is 9.59 Å². The standard InChI is InChI=1S/C21H30N2O5/c1-4-28-14-15-6-5-9-22(12-15)21(25)16-10-20(24)23(13-16)17-7-8-18(26-2)19(11-17)27-3/h7-8,11,15-16H,4-6,9-10,12-14H2,1-3H3. The van der Waals surface area contributed by atoms with Crippen LogP contribution in [0.15, 0.2) is 18.2 Å². The van der Waals surface area contributed by atoms with E-state index in [0.717, 1.165) is 31.6 Å². The van der Waals surface area contributed by atoms with Gasteiger partial charge in [0.1, 0.15) is 0 Å². The molecule has 0 saturated carbocycles. The second-order valence-electron chi connectivity index (χ2n) is 7.40. The van der Waals surface area contributed by atoms with E-state index in [-0.39, 0.29) is 24.2 Å². The minimum Gasteiger partial charge on any atom is -0.493 e. The number of hydrogen-bond acceptors (Lipinski definition) is 5. The Labute approximate surface area is 166 Å². The first-order chi connectivity index (χ1) is 13.6. The van der Waals surface area contributed by atoms with Crippen LogP contribution in [0.3, 0.4) is 0 Å². The van der Waals surface area contributed by atoms with Crippen LogP contribution in [0.4, 0.5) is 5.69 Å². The molecule has 2 saturated heterocycles. The third-order valence-corrected chi connectivity index (χ3v) is 5.54.